The average molecular weight is 265 g/mol. The first kappa shape index (κ1) is 14.1. The molecule has 0 bridgehead atoms. The smallest absolute Gasteiger partial charge is 0.306 e. The van der Waals surface area contributed by atoms with Gasteiger partial charge in [0.15, 0.2) is 0 Å². The van der Waals surface area contributed by atoms with Gasteiger partial charge in [-0.2, -0.15) is 0 Å². The summed E-state index contributed by atoms with van der Waals surface area (Å²) < 4.78 is 5.51. The lowest BCUT2D eigenvalue weighted by Crippen LogP contribution is -2.29. The van der Waals surface area contributed by atoms with Crippen LogP contribution in [0.1, 0.15) is 37.2 Å². The Bertz CT molecular complexity index is 405. The summed E-state index contributed by atoms with van der Waals surface area (Å²) in [7, 11) is 0. The van der Waals surface area contributed by atoms with Crippen molar-refractivity contribution in [2.75, 3.05) is 13.1 Å². The molecule has 1 aliphatic carbocycles. The zero-order chi connectivity index (χ0) is 13.7. The summed E-state index contributed by atoms with van der Waals surface area (Å²) in [5, 5.41) is 12.4. The van der Waals surface area contributed by atoms with Crippen LogP contribution in [0.15, 0.2) is 16.5 Å². The van der Waals surface area contributed by atoms with Crippen molar-refractivity contribution in [2.24, 2.45) is 11.8 Å². The Morgan fingerprint density at radius 2 is 2.11 bits per heavy atom. The molecule has 4 heteroatoms. The van der Waals surface area contributed by atoms with Crippen LogP contribution in [0.5, 0.6) is 0 Å². The normalized spacial score (nSPS) is 23.4. The van der Waals surface area contributed by atoms with Crippen molar-refractivity contribution in [2.45, 2.75) is 39.0 Å². The summed E-state index contributed by atoms with van der Waals surface area (Å²) in [6, 6.07) is 4.01. The third-order valence-electron chi connectivity index (χ3n) is 3.97. The van der Waals surface area contributed by atoms with E-state index >= 15 is 0 Å². The summed E-state index contributed by atoms with van der Waals surface area (Å²) in [6.45, 7) is 3.87. The van der Waals surface area contributed by atoms with Crippen LogP contribution < -0.4 is 5.32 Å². The van der Waals surface area contributed by atoms with Gasteiger partial charge in [0.2, 0.25) is 0 Å². The summed E-state index contributed by atoms with van der Waals surface area (Å²) in [6.07, 6.45) is 4.64. The Kier molecular flexibility index (Phi) is 5.02. The highest BCUT2D eigenvalue weighted by Gasteiger charge is 2.25. The number of aliphatic carboxylic acids is 1. The third kappa shape index (κ3) is 4.39. The molecule has 1 saturated carbocycles. The molecule has 19 heavy (non-hydrogen) atoms. The minimum absolute atomic E-state index is 0.109. The van der Waals surface area contributed by atoms with Crippen LogP contribution in [-0.4, -0.2) is 24.2 Å². The van der Waals surface area contributed by atoms with Crippen molar-refractivity contribution in [3.63, 3.8) is 0 Å². The van der Waals surface area contributed by atoms with Gasteiger partial charge in [-0.1, -0.05) is 0 Å². The van der Waals surface area contributed by atoms with Gasteiger partial charge in [0.25, 0.3) is 0 Å². The van der Waals surface area contributed by atoms with E-state index in [4.69, 9.17) is 9.52 Å². The number of nitrogens with one attached hydrogen (secondary N) is 1. The van der Waals surface area contributed by atoms with Crippen LogP contribution in [0.25, 0.3) is 0 Å². The molecule has 1 aliphatic rings. The highest BCUT2D eigenvalue weighted by atomic mass is 16.4. The van der Waals surface area contributed by atoms with Crippen molar-refractivity contribution in [3.05, 3.63) is 23.7 Å². The van der Waals surface area contributed by atoms with Crippen molar-refractivity contribution >= 4 is 5.97 Å². The first-order chi connectivity index (χ1) is 9.15. The Balaban J connectivity index is 1.58. The minimum Gasteiger partial charge on any atom is -0.481 e. The van der Waals surface area contributed by atoms with Gasteiger partial charge >= 0.3 is 5.97 Å². The molecule has 2 rings (SSSR count). The summed E-state index contributed by atoms with van der Waals surface area (Å²) in [5.41, 5.74) is 0. The first-order valence-corrected chi connectivity index (χ1v) is 7.14. The number of aryl methyl sites for hydroxylation is 1. The second-order valence-electron chi connectivity index (χ2n) is 5.52. The molecule has 0 atom stereocenters. The molecule has 0 radical (unpaired) electrons. The number of carboxylic acids is 1. The van der Waals surface area contributed by atoms with E-state index in [9.17, 15) is 4.79 Å². The number of hydrogen-bond acceptors (Lipinski definition) is 3. The Morgan fingerprint density at radius 3 is 2.68 bits per heavy atom. The van der Waals surface area contributed by atoms with Gasteiger partial charge in [-0.25, -0.2) is 0 Å². The van der Waals surface area contributed by atoms with E-state index < -0.39 is 5.97 Å². The fourth-order valence-electron chi connectivity index (χ4n) is 2.75. The zero-order valence-electron chi connectivity index (χ0n) is 11.5. The predicted molar refractivity (Wildman–Crippen MR) is 73.1 cm³/mol. The second-order valence-corrected chi connectivity index (χ2v) is 5.52. The molecule has 0 aliphatic heterocycles. The molecule has 1 heterocycles. The van der Waals surface area contributed by atoms with E-state index in [1.54, 1.807) is 0 Å². The van der Waals surface area contributed by atoms with Gasteiger partial charge in [0, 0.05) is 13.0 Å². The van der Waals surface area contributed by atoms with Crippen LogP contribution in [0.4, 0.5) is 0 Å². The average Bonchev–Trinajstić information content (AvgIpc) is 2.81. The molecule has 106 valence electrons. The van der Waals surface area contributed by atoms with E-state index in [0.29, 0.717) is 5.92 Å². The lowest BCUT2D eigenvalue weighted by Gasteiger charge is -2.26. The van der Waals surface area contributed by atoms with Crippen LogP contribution in [0, 0.1) is 18.8 Å². The van der Waals surface area contributed by atoms with E-state index in [2.05, 4.69) is 5.32 Å². The number of carboxylic acid groups (broad SMARTS) is 1. The Labute approximate surface area is 114 Å². The van der Waals surface area contributed by atoms with Crippen LogP contribution in [0.3, 0.4) is 0 Å². The number of rotatable bonds is 6. The second kappa shape index (κ2) is 6.75. The maximum absolute atomic E-state index is 10.9. The van der Waals surface area contributed by atoms with Gasteiger partial charge < -0.3 is 14.8 Å². The number of carbonyl (C=O) groups is 1. The molecule has 2 N–H and O–H groups in total. The lowest BCUT2D eigenvalue weighted by molar-refractivity contribution is -0.143. The summed E-state index contributed by atoms with van der Waals surface area (Å²) in [4.78, 5) is 10.9. The van der Waals surface area contributed by atoms with Crippen LogP contribution >= 0.6 is 0 Å². The standard InChI is InChI=1S/C15H23NO3/c1-11-2-7-14(19-11)8-9-16-10-12-3-5-13(6-4-12)15(17)18/h2,7,12-13,16H,3-6,8-10H2,1H3,(H,17,18). The van der Waals surface area contributed by atoms with Crippen molar-refractivity contribution in [1.29, 1.82) is 0 Å². The summed E-state index contributed by atoms with van der Waals surface area (Å²) in [5.74, 6) is 1.89. The van der Waals surface area contributed by atoms with Crippen LogP contribution in [-0.2, 0) is 11.2 Å². The van der Waals surface area contributed by atoms with Crippen molar-refractivity contribution in [3.8, 4) is 0 Å². The molecular formula is C15H23NO3. The first-order valence-electron chi connectivity index (χ1n) is 7.14. The van der Waals surface area contributed by atoms with E-state index in [1.807, 2.05) is 19.1 Å². The Hall–Kier alpha value is -1.29. The molecule has 0 aromatic carbocycles. The molecule has 1 aromatic heterocycles. The zero-order valence-corrected chi connectivity index (χ0v) is 11.5. The van der Waals surface area contributed by atoms with Gasteiger partial charge in [-0.05, 0) is 57.2 Å². The van der Waals surface area contributed by atoms with Gasteiger partial charge in [-0.15, -0.1) is 0 Å². The van der Waals surface area contributed by atoms with Crippen LogP contribution in [0.2, 0.25) is 0 Å². The molecule has 1 aromatic rings. The number of hydrogen-bond donors (Lipinski definition) is 2. The maximum Gasteiger partial charge on any atom is 0.306 e. The fourth-order valence-corrected chi connectivity index (χ4v) is 2.75. The summed E-state index contributed by atoms with van der Waals surface area (Å²) >= 11 is 0. The van der Waals surface area contributed by atoms with E-state index in [1.165, 1.54) is 0 Å². The molecule has 0 unspecified atom stereocenters. The topological polar surface area (TPSA) is 62.5 Å². The van der Waals surface area contributed by atoms with Crippen molar-refractivity contribution in [1.82, 2.24) is 5.32 Å². The fraction of sp³-hybridized carbons (Fsp3) is 0.667. The molecule has 0 saturated heterocycles. The largest absolute Gasteiger partial charge is 0.481 e. The molecule has 1 fully saturated rings. The lowest BCUT2D eigenvalue weighted by atomic mass is 9.82. The molecular weight excluding hydrogens is 242 g/mol. The quantitative estimate of drug-likeness (QED) is 0.776. The Morgan fingerprint density at radius 1 is 1.37 bits per heavy atom. The van der Waals surface area contributed by atoms with E-state index in [-0.39, 0.29) is 5.92 Å². The van der Waals surface area contributed by atoms with Gasteiger partial charge in [0.05, 0.1) is 5.92 Å². The number of furan rings is 1. The SMILES string of the molecule is Cc1ccc(CCNCC2CCC(C(=O)O)CC2)o1. The van der Waals surface area contributed by atoms with Crippen molar-refractivity contribution < 1.29 is 14.3 Å². The monoisotopic (exact) mass is 265 g/mol. The predicted octanol–water partition coefficient (Wildman–Crippen LogP) is 2.61. The minimum atomic E-state index is -0.625. The molecule has 4 nitrogen and oxygen atoms in total. The van der Waals surface area contributed by atoms with E-state index in [0.717, 1.165) is 56.7 Å². The molecule has 0 spiro atoms. The highest BCUT2D eigenvalue weighted by molar-refractivity contribution is 5.69. The molecule has 0 amide bonds. The third-order valence-corrected chi connectivity index (χ3v) is 3.97. The highest BCUT2D eigenvalue weighted by Crippen LogP contribution is 2.28. The van der Waals surface area contributed by atoms with Gasteiger partial charge in [-0.3, -0.25) is 4.79 Å². The van der Waals surface area contributed by atoms with Gasteiger partial charge in [0.1, 0.15) is 11.5 Å². The maximum atomic E-state index is 10.9.